The average molecular weight is 553 g/mol. The van der Waals surface area contributed by atoms with E-state index in [9.17, 15) is 40.2 Å². The van der Waals surface area contributed by atoms with Gasteiger partial charge < -0.3 is 54.3 Å². The van der Waals surface area contributed by atoms with E-state index in [-0.39, 0.29) is 11.3 Å². The molecule has 1 aromatic carbocycles. The van der Waals surface area contributed by atoms with Crippen molar-refractivity contribution < 1.29 is 63.9 Å². The van der Waals surface area contributed by atoms with E-state index in [0.717, 1.165) is 19.4 Å². The van der Waals surface area contributed by atoms with E-state index in [4.69, 9.17) is 23.7 Å². The van der Waals surface area contributed by atoms with Crippen LogP contribution in [0.15, 0.2) is 42.2 Å². The highest BCUT2D eigenvalue weighted by Crippen LogP contribution is 2.49. The van der Waals surface area contributed by atoms with Gasteiger partial charge in [0.25, 0.3) is 0 Å². The second-order valence-electron chi connectivity index (χ2n) is 9.68. The molecule has 1 aromatic rings. The Bertz CT molecular complexity index is 1080. The van der Waals surface area contributed by atoms with Gasteiger partial charge in [-0.2, -0.15) is 0 Å². The largest absolute Gasteiger partial charge is 0.508 e. The molecule has 1 saturated carbocycles. The van der Waals surface area contributed by atoms with Crippen molar-refractivity contribution in [1.82, 2.24) is 0 Å². The van der Waals surface area contributed by atoms with Crippen LogP contribution in [0.4, 0.5) is 0 Å². The average Bonchev–Trinajstić information content (AvgIpc) is 3.18. The molecule has 2 heterocycles. The van der Waals surface area contributed by atoms with Gasteiger partial charge in [0.2, 0.25) is 6.29 Å². The number of esters is 2. The zero-order chi connectivity index (χ0) is 28.4. The lowest BCUT2D eigenvalue weighted by molar-refractivity contribution is -0.343. The molecule has 0 unspecified atom stereocenters. The third-order valence-electron chi connectivity index (χ3n) is 7.34. The number of aliphatic hydroxyl groups is 5. The van der Waals surface area contributed by atoms with Crippen LogP contribution < -0.4 is 0 Å². The number of hydrogen-bond acceptors (Lipinski definition) is 13. The van der Waals surface area contributed by atoms with Crippen LogP contribution in [0, 0.1) is 17.8 Å². The highest BCUT2D eigenvalue weighted by Gasteiger charge is 2.59. The summed E-state index contributed by atoms with van der Waals surface area (Å²) >= 11 is 0. The summed E-state index contributed by atoms with van der Waals surface area (Å²) in [6, 6.07) is 6.09. The molecule has 13 heteroatoms. The molecule has 3 aliphatic rings. The minimum absolute atomic E-state index is 0.0197. The van der Waals surface area contributed by atoms with Gasteiger partial charge in [0.15, 0.2) is 6.29 Å². The Morgan fingerprint density at radius 3 is 2.33 bits per heavy atom. The van der Waals surface area contributed by atoms with Crippen molar-refractivity contribution >= 4 is 18.0 Å². The van der Waals surface area contributed by atoms with E-state index in [0.29, 0.717) is 5.56 Å². The normalized spacial score (nSPS) is 38.0. The van der Waals surface area contributed by atoms with Crippen LogP contribution in [-0.2, 0) is 33.3 Å². The summed E-state index contributed by atoms with van der Waals surface area (Å²) in [5.74, 6) is -3.91. The fourth-order valence-electron chi connectivity index (χ4n) is 5.24. The highest BCUT2D eigenvalue weighted by molar-refractivity contribution is 5.89. The van der Waals surface area contributed by atoms with Crippen LogP contribution >= 0.6 is 0 Å². The van der Waals surface area contributed by atoms with Crippen molar-refractivity contribution in [2.75, 3.05) is 13.7 Å². The van der Waals surface area contributed by atoms with Crippen molar-refractivity contribution in [1.29, 1.82) is 0 Å². The SMILES string of the molecule is COC(=O)C1=CO[C@@H](O[C@@H]2O[C@H](CO)[C@@H](O)[C@H](O)[C@H]2O)[C@@H]2[C@@H](C)[C@@H](OC(=O)C=Cc3ccc(O)cc3)[C@@H](O)[C@H]12. The van der Waals surface area contributed by atoms with Gasteiger partial charge in [-0.05, 0) is 23.8 Å². The summed E-state index contributed by atoms with van der Waals surface area (Å²) < 4.78 is 27.2. The first-order valence-corrected chi connectivity index (χ1v) is 12.3. The lowest BCUT2D eigenvalue weighted by atomic mass is 9.82. The minimum Gasteiger partial charge on any atom is -0.508 e. The highest BCUT2D eigenvalue weighted by atomic mass is 16.8. The Hall–Kier alpha value is -3.04. The zero-order valence-corrected chi connectivity index (χ0v) is 21.1. The number of aliphatic hydroxyl groups excluding tert-OH is 5. The number of hydrogen-bond donors (Lipinski definition) is 6. The molecule has 0 aromatic heterocycles. The molecule has 2 aliphatic heterocycles. The number of ether oxygens (including phenoxy) is 5. The fourth-order valence-corrected chi connectivity index (χ4v) is 5.24. The molecule has 13 nitrogen and oxygen atoms in total. The van der Waals surface area contributed by atoms with Gasteiger partial charge in [-0.3, -0.25) is 0 Å². The first kappa shape index (κ1) is 29.0. The molecule has 0 amide bonds. The van der Waals surface area contributed by atoms with Crippen LogP contribution in [0.1, 0.15) is 12.5 Å². The molecule has 0 radical (unpaired) electrons. The number of rotatable bonds is 7. The maximum absolute atomic E-state index is 12.6. The first-order chi connectivity index (χ1) is 18.6. The molecule has 1 saturated heterocycles. The Balaban J connectivity index is 1.54. The number of phenolic OH excluding ortho intramolecular Hbond substituents is 1. The van der Waals surface area contributed by atoms with E-state index < -0.39 is 85.5 Å². The molecule has 6 N–H and O–H groups in total. The van der Waals surface area contributed by atoms with Crippen molar-refractivity contribution in [2.24, 2.45) is 17.8 Å². The summed E-state index contributed by atoms with van der Waals surface area (Å²) in [5, 5.41) is 60.6. The summed E-state index contributed by atoms with van der Waals surface area (Å²) in [4.78, 5) is 25.1. The van der Waals surface area contributed by atoms with E-state index in [2.05, 4.69) is 0 Å². The Kier molecular flexibility index (Phi) is 8.91. The predicted octanol–water partition coefficient (Wildman–Crippen LogP) is -1.21. The predicted molar refractivity (Wildman–Crippen MR) is 129 cm³/mol. The minimum atomic E-state index is -1.71. The second kappa shape index (κ2) is 12.0. The monoisotopic (exact) mass is 552 g/mol. The molecule has 2 fully saturated rings. The summed E-state index contributed by atoms with van der Waals surface area (Å²) in [5.41, 5.74) is 0.601. The standard InChI is InChI=1S/C26H32O13/c1-11-17-18(20(31)23(11)38-16(29)8-5-12-3-6-13(28)7-4-12)14(24(34)35-2)10-36-25(17)39-26-22(33)21(32)19(30)15(9-27)37-26/h3-8,10-11,15,17-23,25-28,30-33H,9H2,1-2H3/t11-,15-,17-,18-,19-,20+,21+,22-,23-,25+,26+/m1/s1. The maximum Gasteiger partial charge on any atom is 0.337 e. The van der Waals surface area contributed by atoms with Crippen molar-refractivity contribution in [2.45, 2.75) is 56.1 Å². The van der Waals surface area contributed by atoms with Gasteiger partial charge in [0.1, 0.15) is 36.3 Å². The van der Waals surface area contributed by atoms with E-state index in [1.165, 1.54) is 18.2 Å². The molecular weight excluding hydrogens is 520 g/mol. The Morgan fingerprint density at radius 1 is 1.00 bits per heavy atom. The number of benzene rings is 1. The fraction of sp³-hybridized carbons (Fsp3) is 0.538. The van der Waals surface area contributed by atoms with Gasteiger partial charge in [-0.1, -0.05) is 19.1 Å². The summed E-state index contributed by atoms with van der Waals surface area (Å²) in [6.45, 7) is 0.988. The zero-order valence-electron chi connectivity index (χ0n) is 21.1. The van der Waals surface area contributed by atoms with E-state index in [1.807, 2.05) is 0 Å². The van der Waals surface area contributed by atoms with Crippen molar-refractivity contribution in [3.8, 4) is 5.75 Å². The second-order valence-corrected chi connectivity index (χ2v) is 9.68. The van der Waals surface area contributed by atoms with Crippen LogP contribution in [-0.4, -0.2) is 105 Å². The Labute approximate surface area is 223 Å². The van der Waals surface area contributed by atoms with Crippen molar-refractivity contribution in [3.05, 3.63) is 47.7 Å². The topological polar surface area (TPSA) is 202 Å². The van der Waals surface area contributed by atoms with Gasteiger partial charge in [0.05, 0.1) is 31.7 Å². The number of carbonyl (C=O) groups excluding carboxylic acids is 2. The number of fused-ring (bicyclic) bond motifs is 1. The third kappa shape index (κ3) is 5.79. The van der Waals surface area contributed by atoms with Gasteiger partial charge in [0, 0.05) is 23.8 Å². The van der Waals surface area contributed by atoms with Crippen LogP contribution in [0.5, 0.6) is 5.75 Å². The van der Waals surface area contributed by atoms with Crippen molar-refractivity contribution in [3.63, 3.8) is 0 Å². The quantitative estimate of drug-likeness (QED) is 0.174. The lowest BCUT2D eigenvalue weighted by Gasteiger charge is -2.43. The maximum atomic E-state index is 12.6. The molecule has 1 aliphatic carbocycles. The van der Waals surface area contributed by atoms with Crippen LogP contribution in [0.25, 0.3) is 6.08 Å². The third-order valence-corrected chi connectivity index (χ3v) is 7.34. The van der Waals surface area contributed by atoms with E-state index in [1.54, 1.807) is 19.1 Å². The van der Waals surface area contributed by atoms with Gasteiger partial charge >= 0.3 is 11.9 Å². The first-order valence-electron chi connectivity index (χ1n) is 12.3. The van der Waals surface area contributed by atoms with Crippen LogP contribution in [0.3, 0.4) is 0 Å². The molecule has 0 bridgehead atoms. The molecule has 11 atom stereocenters. The van der Waals surface area contributed by atoms with E-state index >= 15 is 0 Å². The van der Waals surface area contributed by atoms with Crippen LogP contribution in [0.2, 0.25) is 0 Å². The summed E-state index contributed by atoms with van der Waals surface area (Å²) in [6.07, 6.45) is -7.83. The molecule has 39 heavy (non-hydrogen) atoms. The van der Waals surface area contributed by atoms with Gasteiger partial charge in [-0.25, -0.2) is 9.59 Å². The lowest BCUT2D eigenvalue weighted by Crippen LogP contribution is -2.60. The molecule has 4 rings (SSSR count). The Morgan fingerprint density at radius 2 is 1.69 bits per heavy atom. The number of carbonyl (C=O) groups is 2. The number of aromatic hydroxyl groups is 1. The number of methoxy groups -OCH3 is 1. The smallest absolute Gasteiger partial charge is 0.337 e. The van der Waals surface area contributed by atoms with Gasteiger partial charge in [-0.15, -0.1) is 0 Å². The molecule has 0 spiro atoms. The number of phenols is 1. The molecule has 214 valence electrons. The molecular formula is C26H32O13. The summed E-state index contributed by atoms with van der Waals surface area (Å²) in [7, 11) is 1.16.